The lowest BCUT2D eigenvalue weighted by atomic mass is 9.93. The van der Waals surface area contributed by atoms with Gasteiger partial charge >= 0.3 is 0 Å². The van der Waals surface area contributed by atoms with E-state index in [9.17, 15) is 0 Å². The number of benzene rings is 3. The Kier molecular flexibility index (Phi) is 2.86. The van der Waals surface area contributed by atoms with Crippen molar-refractivity contribution in [3.63, 3.8) is 0 Å². The molecule has 0 spiro atoms. The van der Waals surface area contributed by atoms with Crippen molar-refractivity contribution in [1.82, 2.24) is 0 Å². The Morgan fingerprint density at radius 1 is 0.750 bits per heavy atom. The maximum atomic E-state index is 2.36. The molecule has 4 rings (SSSR count). The molecule has 0 bridgehead atoms. The molecule has 1 aliphatic carbocycles. The average Bonchev–Trinajstić information content (AvgIpc) is 2.51. The molecule has 0 aliphatic heterocycles. The minimum atomic E-state index is 1.03. The van der Waals surface area contributed by atoms with E-state index in [1.807, 2.05) is 11.8 Å². The summed E-state index contributed by atoms with van der Waals surface area (Å²) < 4.78 is 0. The van der Waals surface area contributed by atoms with E-state index in [-0.39, 0.29) is 0 Å². The van der Waals surface area contributed by atoms with E-state index in [2.05, 4.69) is 72.8 Å². The van der Waals surface area contributed by atoms with Gasteiger partial charge in [-0.3, -0.25) is 0 Å². The summed E-state index contributed by atoms with van der Waals surface area (Å²) in [6, 6.07) is 23.8. The van der Waals surface area contributed by atoms with Gasteiger partial charge in [0.05, 0.1) is 0 Å². The lowest BCUT2D eigenvalue weighted by Gasteiger charge is -2.18. The van der Waals surface area contributed by atoms with Gasteiger partial charge in [-0.1, -0.05) is 72.4 Å². The van der Waals surface area contributed by atoms with Crippen LogP contribution in [0.25, 0.3) is 15.7 Å². The largest absolute Gasteiger partial charge is 0.0898 e. The van der Waals surface area contributed by atoms with Crippen molar-refractivity contribution in [2.24, 2.45) is 0 Å². The molecular weight excluding hydrogens is 260 g/mol. The molecule has 0 amide bonds. The van der Waals surface area contributed by atoms with Crippen molar-refractivity contribution >= 4 is 27.4 Å². The summed E-state index contributed by atoms with van der Waals surface area (Å²) in [7, 11) is 0. The molecule has 0 nitrogen and oxygen atoms in total. The lowest BCUT2D eigenvalue weighted by molar-refractivity contribution is 1.29. The predicted molar refractivity (Wildman–Crippen MR) is 87.9 cm³/mol. The second-order valence-corrected chi connectivity index (χ2v) is 6.12. The van der Waals surface area contributed by atoms with Crippen LogP contribution in [0.2, 0.25) is 0 Å². The summed E-state index contributed by atoms with van der Waals surface area (Å²) in [5.41, 5.74) is 2.81. The normalized spacial score (nSPS) is 13.3. The summed E-state index contributed by atoms with van der Waals surface area (Å²) in [5, 5.41) is 2.77. The summed E-state index contributed by atoms with van der Waals surface area (Å²) in [6.45, 7) is 0. The number of allylic oxidation sites excluding steroid dienone is 1. The van der Waals surface area contributed by atoms with Crippen molar-refractivity contribution < 1.29 is 0 Å². The first-order valence-electron chi connectivity index (χ1n) is 6.86. The molecule has 0 N–H and O–H groups in total. The maximum Gasteiger partial charge on any atom is 0.0164 e. The topological polar surface area (TPSA) is 0 Å². The van der Waals surface area contributed by atoms with Gasteiger partial charge < -0.3 is 0 Å². The van der Waals surface area contributed by atoms with Crippen LogP contribution in [0, 0.1) is 0 Å². The third-order valence-corrected chi connectivity index (χ3v) is 4.85. The lowest BCUT2D eigenvalue weighted by Crippen LogP contribution is -1.96. The highest BCUT2D eigenvalue weighted by Gasteiger charge is 2.15. The van der Waals surface area contributed by atoms with Crippen molar-refractivity contribution in [3.05, 3.63) is 83.9 Å². The van der Waals surface area contributed by atoms with Gasteiger partial charge in [-0.05, 0) is 40.5 Å². The zero-order valence-corrected chi connectivity index (χ0v) is 11.9. The Labute approximate surface area is 123 Å². The summed E-state index contributed by atoms with van der Waals surface area (Å²) >= 11 is 1.86. The van der Waals surface area contributed by atoms with Crippen LogP contribution in [0.3, 0.4) is 0 Å². The van der Waals surface area contributed by atoms with Crippen molar-refractivity contribution in [2.75, 3.05) is 0 Å². The first kappa shape index (κ1) is 11.8. The summed E-state index contributed by atoms with van der Waals surface area (Å²) in [6.07, 6.45) is 3.39. The first-order valence-corrected chi connectivity index (χ1v) is 7.67. The van der Waals surface area contributed by atoms with E-state index in [0.29, 0.717) is 0 Å². The van der Waals surface area contributed by atoms with Gasteiger partial charge in [-0.15, -0.1) is 0 Å². The van der Waals surface area contributed by atoms with Gasteiger partial charge in [0.15, 0.2) is 0 Å². The van der Waals surface area contributed by atoms with Gasteiger partial charge in [-0.25, -0.2) is 0 Å². The van der Waals surface area contributed by atoms with E-state index in [1.165, 1.54) is 31.7 Å². The quantitative estimate of drug-likeness (QED) is 0.592. The Bertz CT molecular complexity index is 795. The van der Waals surface area contributed by atoms with Crippen LogP contribution in [-0.2, 0) is 6.42 Å². The summed E-state index contributed by atoms with van der Waals surface area (Å²) in [4.78, 5) is 2.68. The minimum Gasteiger partial charge on any atom is -0.0898 e. The molecule has 0 atom stereocenters. The van der Waals surface area contributed by atoms with Crippen LogP contribution >= 0.6 is 11.8 Å². The zero-order chi connectivity index (χ0) is 13.4. The third kappa shape index (κ3) is 1.95. The monoisotopic (exact) mass is 274 g/mol. The molecule has 3 aromatic rings. The molecule has 3 aromatic carbocycles. The number of hydrogen-bond donors (Lipinski definition) is 0. The van der Waals surface area contributed by atoms with Crippen LogP contribution < -0.4 is 0 Å². The Hall–Kier alpha value is -1.99. The fourth-order valence-corrected chi connectivity index (χ4v) is 3.81. The van der Waals surface area contributed by atoms with E-state index in [0.717, 1.165) is 6.42 Å². The molecule has 20 heavy (non-hydrogen) atoms. The number of rotatable bonds is 2. The highest BCUT2D eigenvalue weighted by molar-refractivity contribution is 8.08. The first-order chi connectivity index (χ1) is 9.92. The third-order valence-electron chi connectivity index (χ3n) is 3.73. The van der Waals surface area contributed by atoms with Gasteiger partial charge in [0.25, 0.3) is 0 Å². The summed E-state index contributed by atoms with van der Waals surface area (Å²) in [5.74, 6) is 0. The Morgan fingerprint density at radius 3 is 2.40 bits per heavy atom. The fraction of sp³-hybridized carbons (Fsp3) is 0.0526. The van der Waals surface area contributed by atoms with E-state index in [1.54, 1.807) is 0 Å². The fourth-order valence-electron chi connectivity index (χ4n) is 2.82. The van der Waals surface area contributed by atoms with Crippen molar-refractivity contribution in [2.45, 2.75) is 11.3 Å². The smallest absolute Gasteiger partial charge is 0.0164 e. The molecule has 0 unspecified atom stereocenters. The Balaban J connectivity index is 1.83. The average molecular weight is 274 g/mol. The molecule has 0 radical (unpaired) electrons. The Morgan fingerprint density at radius 2 is 1.55 bits per heavy atom. The SMILES string of the molecule is C1=C(Sc2ccccc2)c2cccc3cccc(c23)C1. The molecule has 0 aromatic heterocycles. The van der Waals surface area contributed by atoms with E-state index in [4.69, 9.17) is 0 Å². The molecule has 0 saturated carbocycles. The highest BCUT2D eigenvalue weighted by Crippen LogP contribution is 2.41. The van der Waals surface area contributed by atoms with Gasteiger partial charge in [0.2, 0.25) is 0 Å². The van der Waals surface area contributed by atoms with E-state index >= 15 is 0 Å². The molecular formula is C19H14S. The molecule has 96 valence electrons. The predicted octanol–water partition coefficient (Wildman–Crippen LogP) is 5.53. The van der Waals surface area contributed by atoms with Crippen LogP contribution in [-0.4, -0.2) is 0 Å². The van der Waals surface area contributed by atoms with Crippen molar-refractivity contribution in [1.29, 1.82) is 0 Å². The van der Waals surface area contributed by atoms with Gasteiger partial charge in [0.1, 0.15) is 0 Å². The maximum absolute atomic E-state index is 2.36. The van der Waals surface area contributed by atoms with Crippen LogP contribution in [0.1, 0.15) is 11.1 Å². The van der Waals surface area contributed by atoms with Crippen molar-refractivity contribution in [3.8, 4) is 0 Å². The molecule has 1 heteroatoms. The number of thioether (sulfide) groups is 1. The highest BCUT2D eigenvalue weighted by atomic mass is 32.2. The van der Waals surface area contributed by atoms with Crippen LogP contribution in [0.5, 0.6) is 0 Å². The second kappa shape index (κ2) is 4.84. The minimum absolute atomic E-state index is 1.03. The molecule has 1 aliphatic rings. The molecule has 0 saturated heterocycles. The van der Waals surface area contributed by atoms with Gasteiger partial charge in [0, 0.05) is 9.80 Å². The molecule has 0 fully saturated rings. The van der Waals surface area contributed by atoms with Crippen LogP contribution in [0.4, 0.5) is 0 Å². The standard InChI is InChI=1S/C19H14S/c1-2-9-16(10-3-1)20-18-13-12-15-7-4-6-14-8-5-11-17(18)19(14)15/h1-11,13H,12H2. The molecule has 0 heterocycles. The number of hydrogen-bond acceptors (Lipinski definition) is 1. The van der Waals surface area contributed by atoms with Gasteiger partial charge in [-0.2, -0.15) is 0 Å². The second-order valence-electron chi connectivity index (χ2n) is 5.01. The zero-order valence-electron chi connectivity index (χ0n) is 11.0. The van der Waals surface area contributed by atoms with Crippen LogP contribution in [0.15, 0.2) is 77.7 Å². The van der Waals surface area contributed by atoms with E-state index < -0.39 is 0 Å².